The van der Waals surface area contributed by atoms with Crippen LogP contribution >= 0.6 is 0 Å². The predicted molar refractivity (Wildman–Crippen MR) is 113 cm³/mol. The molecule has 0 amide bonds. The first-order valence-electron chi connectivity index (χ1n) is 9.68. The highest BCUT2D eigenvalue weighted by Crippen LogP contribution is 2.25. The molecular formula is C23H24N4O. The molecule has 0 radical (unpaired) electrons. The molecule has 0 atom stereocenters. The summed E-state index contributed by atoms with van der Waals surface area (Å²) in [6.07, 6.45) is 0.979. The van der Waals surface area contributed by atoms with Crippen LogP contribution in [0, 0.1) is 0 Å². The molecule has 5 heteroatoms. The number of benzene rings is 3. The van der Waals surface area contributed by atoms with E-state index in [4.69, 9.17) is 4.74 Å². The number of aryl methyl sites for hydroxylation is 1. The predicted octanol–water partition coefficient (Wildman–Crippen LogP) is 4.99. The number of ether oxygens (including phenoxy) is 1. The van der Waals surface area contributed by atoms with Crippen molar-refractivity contribution in [3.05, 3.63) is 77.9 Å². The molecule has 4 aromatic rings. The average molecular weight is 372 g/mol. The van der Waals surface area contributed by atoms with Crippen molar-refractivity contribution >= 4 is 16.7 Å². The summed E-state index contributed by atoms with van der Waals surface area (Å²) in [5.74, 6) is 0.811. The van der Waals surface area contributed by atoms with E-state index in [9.17, 15) is 0 Å². The molecule has 0 unspecified atom stereocenters. The van der Waals surface area contributed by atoms with Crippen LogP contribution in [0.3, 0.4) is 0 Å². The van der Waals surface area contributed by atoms with Crippen molar-refractivity contribution in [1.29, 1.82) is 0 Å². The van der Waals surface area contributed by atoms with Gasteiger partial charge in [-0.15, -0.1) is 15.0 Å². The Morgan fingerprint density at radius 2 is 1.68 bits per heavy atom. The molecule has 1 heterocycles. The number of hydrogen-bond acceptors (Lipinski definition) is 4. The molecular weight excluding hydrogens is 348 g/mol. The summed E-state index contributed by atoms with van der Waals surface area (Å²) in [7, 11) is 0. The molecule has 1 N–H and O–H groups in total. The Labute approximate surface area is 165 Å². The summed E-state index contributed by atoms with van der Waals surface area (Å²) in [6, 6.07) is 22.6. The van der Waals surface area contributed by atoms with Gasteiger partial charge in [-0.3, -0.25) is 0 Å². The number of aromatic nitrogens is 3. The number of fused-ring (bicyclic) bond motifs is 1. The van der Waals surface area contributed by atoms with Gasteiger partial charge in [-0.05, 0) is 48.7 Å². The van der Waals surface area contributed by atoms with Crippen LogP contribution in [0.25, 0.3) is 16.7 Å². The lowest BCUT2D eigenvalue weighted by Crippen LogP contribution is -2.07. The van der Waals surface area contributed by atoms with Gasteiger partial charge in [0.25, 0.3) is 0 Å². The summed E-state index contributed by atoms with van der Waals surface area (Å²) in [6.45, 7) is 5.51. The zero-order valence-corrected chi connectivity index (χ0v) is 16.2. The fraction of sp³-hybridized carbons (Fsp3) is 0.217. The maximum absolute atomic E-state index is 5.58. The Hall–Kier alpha value is -3.34. The van der Waals surface area contributed by atoms with E-state index in [2.05, 4.69) is 64.9 Å². The number of rotatable bonds is 7. The van der Waals surface area contributed by atoms with E-state index in [0.29, 0.717) is 6.61 Å². The number of nitrogens with zero attached hydrogens (tertiary/aromatic N) is 3. The summed E-state index contributed by atoms with van der Waals surface area (Å²) >= 11 is 0. The summed E-state index contributed by atoms with van der Waals surface area (Å²) < 4.78 is 5.58. The van der Waals surface area contributed by atoms with Gasteiger partial charge in [0.05, 0.1) is 12.3 Å². The first kappa shape index (κ1) is 18.0. The van der Waals surface area contributed by atoms with Crippen LogP contribution in [-0.4, -0.2) is 21.6 Å². The minimum Gasteiger partial charge on any atom is -0.494 e. The van der Waals surface area contributed by atoms with E-state index >= 15 is 0 Å². The van der Waals surface area contributed by atoms with E-state index in [-0.39, 0.29) is 0 Å². The van der Waals surface area contributed by atoms with Gasteiger partial charge < -0.3 is 10.1 Å². The lowest BCUT2D eigenvalue weighted by atomic mass is 10.1. The van der Waals surface area contributed by atoms with Gasteiger partial charge in [-0.1, -0.05) is 43.3 Å². The molecule has 28 heavy (non-hydrogen) atoms. The quantitative estimate of drug-likeness (QED) is 0.496. The number of nitrogens with one attached hydrogen (secondary N) is 1. The molecule has 3 aromatic carbocycles. The SMILES string of the molecule is CCOc1ccc2nn(-c3ccc(CC)cc3NCc3ccccc3)nc2c1. The van der Waals surface area contributed by atoms with E-state index < -0.39 is 0 Å². The Bertz CT molecular complexity index is 1070. The standard InChI is InChI=1S/C23H24N4O/c1-3-17-10-13-23(22(14-17)24-16-18-8-6-5-7-9-18)27-25-20-12-11-19(28-4-2)15-21(20)26-27/h5-15,24H,3-4,16H2,1-2H3. The molecule has 0 aliphatic carbocycles. The Kier molecular flexibility index (Phi) is 5.24. The molecule has 4 rings (SSSR count). The molecule has 1 aromatic heterocycles. The number of anilines is 1. The van der Waals surface area contributed by atoms with Crippen molar-refractivity contribution in [2.45, 2.75) is 26.8 Å². The third-order valence-electron chi connectivity index (χ3n) is 4.67. The van der Waals surface area contributed by atoms with Crippen LogP contribution < -0.4 is 10.1 Å². The molecule has 0 spiro atoms. The van der Waals surface area contributed by atoms with Gasteiger partial charge in [0.1, 0.15) is 22.5 Å². The van der Waals surface area contributed by atoms with Crippen molar-refractivity contribution in [2.24, 2.45) is 0 Å². The maximum atomic E-state index is 5.58. The van der Waals surface area contributed by atoms with Crippen molar-refractivity contribution in [3.8, 4) is 11.4 Å². The molecule has 0 fully saturated rings. The second-order valence-corrected chi connectivity index (χ2v) is 6.62. The van der Waals surface area contributed by atoms with Crippen molar-refractivity contribution in [2.75, 3.05) is 11.9 Å². The normalized spacial score (nSPS) is 10.9. The van der Waals surface area contributed by atoms with E-state index in [1.807, 2.05) is 31.2 Å². The molecule has 0 saturated heterocycles. The largest absolute Gasteiger partial charge is 0.494 e. The Balaban J connectivity index is 1.69. The molecule has 0 bridgehead atoms. The summed E-state index contributed by atoms with van der Waals surface area (Å²) in [5.41, 5.74) is 6.12. The molecule has 5 nitrogen and oxygen atoms in total. The Morgan fingerprint density at radius 3 is 2.46 bits per heavy atom. The topological polar surface area (TPSA) is 52.0 Å². The van der Waals surface area contributed by atoms with Crippen LogP contribution in [0.5, 0.6) is 5.75 Å². The maximum Gasteiger partial charge on any atom is 0.121 e. The third-order valence-corrected chi connectivity index (χ3v) is 4.67. The molecule has 0 saturated carbocycles. The second-order valence-electron chi connectivity index (χ2n) is 6.62. The van der Waals surface area contributed by atoms with E-state index in [1.165, 1.54) is 11.1 Å². The van der Waals surface area contributed by atoms with Gasteiger partial charge in [0, 0.05) is 12.6 Å². The van der Waals surface area contributed by atoms with Gasteiger partial charge in [-0.2, -0.15) is 0 Å². The van der Waals surface area contributed by atoms with Crippen molar-refractivity contribution in [3.63, 3.8) is 0 Å². The van der Waals surface area contributed by atoms with Crippen molar-refractivity contribution < 1.29 is 4.74 Å². The number of hydrogen-bond donors (Lipinski definition) is 1. The first-order chi connectivity index (χ1) is 13.8. The smallest absolute Gasteiger partial charge is 0.121 e. The molecule has 0 aliphatic rings. The van der Waals surface area contributed by atoms with Crippen LogP contribution in [0.2, 0.25) is 0 Å². The van der Waals surface area contributed by atoms with Crippen LogP contribution in [0.1, 0.15) is 25.0 Å². The van der Waals surface area contributed by atoms with Gasteiger partial charge in [0.2, 0.25) is 0 Å². The van der Waals surface area contributed by atoms with Crippen molar-refractivity contribution in [1.82, 2.24) is 15.0 Å². The van der Waals surface area contributed by atoms with Gasteiger partial charge in [-0.25, -0.2) is 0 Å². The minimum absolute atomic E-state index is 0.631. The average Bonchev–Trinajstić information content (AvgIpc) is 3.16. The van der Waals surface area contributed by atoms with Gasteiger partial charge in [0.15, 0.2) is 0 Å². The Morgan fingerprint density at radius 1 is 0.857 bits per heavy atom. The highest BCUT2D eigenvalue weighted by molar-refractivity contribution is 5.76. The minimum atomic E-state index is 0.631. The highest BCUT2D eigenvalue weighted by atomic mass is 16.5. The third kappa shape index (κ3) is 3.83. The van der Waals surface area contributed by atoms with E-state index in [1.54, 1.807) is 4.80 Å². The lowest BCUT2D eigenvalue weighted by Gasteiger charge is -2.13. The zero-order chi connectivity index (χ0) is 19.3. The first-order valence-corrected chi connectivity index (χ1v) is 9.68. The summed E-state index contributed by atoms with van der Waals surface area (Å²) in [5, 5.41) is 12.9. The highest BCUT2D eigenvalue weighted by Gasteiger charge is 2.11. The van der Waals surface area contributed by atoms with Crippen LogP contribution in [-0.2, 0) is 13.0 Å². The summed E-state index contributed by atoms with van der Waals surface area (Å²) in [4.78, 5) is 1.70. The monoisotopic (exact) mass is 372 g/mol. The van der Waals surface area contributed by atoms with E-state index in [0.717, 1.165) is 41.1 Å². The zero-order valence-electron chi connectivity index (χ0n) is 16.2. The van der Waals surface area contributed by atoms with Crippen LogP contribution in [0.4, 0.5) is 5.69 Å². The molecule has 0 aliphatic heterocycles. The second kappa shape index (κ2) is 8.13. The fourth-order valence-electron chi connectivity index (χ4n) is 3.17. The van der Waals surface area contributed by atoms with Crippen LogP contribution in [0.15, 0.2) is 66.7 Å². The van der Waals surface area contributed by atoms with Gasteiger partial charge >= 0.3 is 0 Å². The fourth-order valence-corrected chi connectivity index (χ4v) is 3.17. The molecule has 142 valence electrons. The lowest BCUT2D eigenvalue weighted by molar-refractivity contribution is 0.340.